The van der Waals surface area contributed by atoms with Crippen molar-refractivity contribution in [3.8, 4) is 5.69 Å². The lowest BCUT2D eigenvalue weighted by Gasteiger charge is -2.07. The Balaban J connectivity index is 2.05. The number of pyridine rings is 1. The van der Waals surface area contributed by atoms with E-state index in [9.17, 15) is 13.2 Å². The summed E-state index contributed by atoms with van der Waals surface area (Å²) in [5.74, 6) is 0. The molecular formula is C11H10ClF3N4. The van der Waals surface area contributed by atoms with E-state index in [0.717, 1.165) is 0 Å². The van der Waals surface area contributed by atoms with Gasteiger partial charge in [0.1, 0.15) is 0 Å². The molecule has 19 heavy (non-hydrogen) atoms. The molecule has 0 aliphatic carbocycles. The van der Waals surface area contributed by atoms with Gasteiger partial charge in [0.25, 0.3) is 0 Å². The molecule has 2 aromatic rings. The molecule has 1 N–H and O–H groups in total. The average molecular weight is 291 g/mol. The lowest BCUT2D eigenvalue weighted by Crippen LogP contribution is -2.14. The molecule has 0 fully saturated rings. The lowest BCUT2D eigenvalue weighted by atomic mass is 10.4. The van der Waals surface area contributed by atoms with Crippen LogP contribution in [0.3, 0.4) is 0 Å². The van der Waals surface area contributed by atoms with Gasteiger partial charge in [-0.05, 0) is 12.1 Å². The third-order valence-corrected chi connectivity index (χ3v) is 2.58. The Morgan fingerprint density at radius 2 is 2.16 bits per heavy atom. The van der Waals surface area contributed by atoms with Crippen molar-refractivity contribution in [2.45, 2.75) is 12.6 Å². The number of aromatic nitrogens is 3. The molecule has 2 heterocycles. The standard InChI is InChI=1S/C11H10ClF3N4/c12-10-9(17-5-3-11(13,14)15)7-19(18-10)8-2-1-4-16-6-8/h1-2,4,6-7,17H,3,5H2. The van der Waals surface area contributed by atoms with Crippen molar-refractivity contribution in [3.63, 3.8) is 0 Å². The molecule has 0 aliphatic heterocycles. The zero-order valence-corrected chi connectivity index (χ0v) is 10.4. The highest BCUT2D eigenvalue weighted by atomic mass is 35.5. The van der Waals surface area contributed by atoms with Gasteiger partial charge in [-0.25, -0.2) is 4.68 Å². The number of hydrogen-bond donors (Lipinski definition) is 1. The van der Waals surface area contributed by atoms with Gasteiger partial charge in [-0.1, -0.05) is 11.6 Å². The molecule has 0 radical (unpaired) electrons. The van der Waals surface area contributed by atoms with Gasteiger partial charge in [-0.2, -0.15) is 18.3 Å². The van der Waals surface area contributed by atoms with Crippen LogP contribution in [-0.4, -0.2) is 27.5 Å². The summed E-state index contributed by atoms with van der Waals surface area (Å²) < 4.78 is 37.5. The molecule has 0 saturated heterocycles. The van der Waals surface area contributed by atoms with Crippen molar-refractivity contribution in [1.29, 1.82) is 0 Å². The van der Waals surface area contributed by atoms with Gasteiger partial charge in [0.2, 0.25) is 0 Å². The third-order valence-electron chi connectivity index (χ3n) is 2.30. The first-order valence-corrected chi connectivity index (χ1v) is 5.80. The van der Waals surface area contributed by atoms with E-state index < -0.39 is 12.6 Å². The summed E-state index contributed by atoms with van der Waals surface area (Å²) in [6.07, 6.45) is -0.421. The molecular weight excluding hydrogens is 281 g/mol. The van der Waals surface area contributed by atoms with Crippen LogP contribution in [0, 0.1) is 0 Å². The Hall–Kier alpha value is -1.76. The van der Waals surface area contributed by atoms with E-state index in [1.165, 1.54) is 10.9 Å². The monoisotopic (exact) mass is 290 g/mol. The highest BCUT2D eigenvalue weighted by Crippen LogP contribution is 2.23. The van der Waals surface area contributed by atoms with Crippen molar-refractivity contribution < 1.29 is 13.2 Å². The first kappa shape index (κ1) is 13.7. The summed E-state index contributed by atoms with van der Waals surface area (Å²) in [4.78, 5) is 3.92. The summed E-state index contributed by atoms with van der Waals surface area (Å²) in [5, 5.41) is 6.71. The SMILES string of the molecule is FC(F)(F)CCNc1cn(-c2cccnc2)nc1Cl. The fourth-order valence-electron chi connectivity index (χ4n) is 1.43. The predicted octanol–water partition coefficient (Wildman–Crippen LogP) is 3.29. The molecule has 0 aromatic carbocycles. The molecule has 0 saturated carbocycles. The smallest absolute Gasteiger partial charge is 0.381 e. The summed E-state index contributed by atoms with van der Waals surface area (Å²) in [5.41, 5.74) is 1.03. The summed E-state index contributed by atoms with van der Waals surface area (Å²) >= 11 is 5.85. The number of rotatable bonds is 4. The molecule has 0 bridgehead atoms. The van der Waals surface area contributed by atoms with Crippen LogP contribution >= 0.6 is 11.6 Å². The highest BCUT2D eigenvalue weighted by molar-refractivity contribution is 6.32. The van der Waals surface area contributed by atoms with Crippen LogP contribution in [0.5, 0.6) is 0 Å². The highest BCUT2D eigenvalue weighted by Gasteiger charge is 2.26. The van der Waals surface area contributed by atoms with Crippen molar-refractivity contribution in [2.75, 3.05) is 11.9 Å². The Morgan fingerprint density at radius 3 is 2.79 bits per heavy atom. The molecule has 0 atom stereocenters. The number of alkyl halides is 3. The number of anilines is 1. The Morgan fingerprint density at radius 1 is 1.37 bits per heavy atom. The van der Waals surface area contributed by atoms with E-state index in [1.807, 2.05) is 0 Å². The Bertz CT molecular complexity index is 539. The Labute approximate surface area is 112 Å². The zero-order valence-electron chi connectivity index (χ0n) is 9.65. The number of halogens is 4. The molecule has 0 unspecified atom stereocenters. The lowest BCUT2D eigenvalue weighted by molar-refractivity contribution is -0.131. The molecule has 8 heteroatoms. The minimum absolute atomic E-state index is 0.117. The van der Waals surface area contributed by atoms with Crippen LogP contribution in [0.25, 0.3) is 5.69 Å². The first-order valence-electron chi connectivity index (χ1n) is 5.42. The zero-order chi connectivity index (χ0) is 13.9. The van der Waals surface area contributed by atoms with Gasteiger partial charge >= 0.3 is 6.18 Å². The number of hydrogen-bond acceptors (Lipinski definition) is 3. The maximum Gasteiger partial charge on any atom is 0.390 e. The minimum Gasteiger partial charge on any atom is -0.381 e. The van der Waals surface area contributed by atoms with Crippen LogP contribution in [0.1, 0.15) is 6.42 Å². The largest absolute Gasteiger partial charge is 0.390 e. The number of nitrogens with one attached hydrogen (secondary N) is 1. The molecule has 2 aromatic heterocycles. The van der Waals surface area contributed by atoms with Crippen molar-refractivity contribution in [2.24, 2.45) is 0 Å². The van der Waals surface area contributed by atoms with E-state index in [-0.39, 0.29) is 11.7 Å². The molecule has 2 rings (SSSR count). The maximum atomic E-state index is 12.0. The Kier molecular flexibility index (Phi) is 3.94. The van der Waals surface area contributed by atoms with Gasteiger partial charge in [-0.3, -0.25) is 4.98 Å². The molecule has 0 aliphatic rings. The van der Waals surface area contributed by atoms with Crippen LogP contribution in [0.4, 0.5) is 18.9 Å². The topological polar surface area (TPSA) is 42.7 Å². The maximum absolute atomic E-state index is 12.0. The fraction of sp³-hybridized carbons (Fsp3) is 0.273. The fourth-order valence-corrected chi connectivity index (χ4v) is 1.63. The van der Waals surface area contributed by atoms with Gasteiger partial charge in [0.05, 0.1) is 30.2 Å². The number of nitrogens with zero attached hydrogens (tertiary/aromatic N) is 3. The van der Waals surface area contributed by atoms with E-state index in [2.05, 4.69) is 15.4 Å². The van der Waals surface area contributed by atoms with Crippen LogP contribution in [0.15, 0.2) is 30.7 Å². The van der Waals surface area contributed by atoms with Crippen molar-refractivity contribution >= 4 is 17.3 Å². The van der Waals surface area contributed by atoms with E-state index in [1.54, 1.807) is 24.5 Å². The predicted molar refractivity (Wildman–Crippen MR) is 65.5 cm³/mol. The second-order valence-corrected chi connectivity index (χ2v) is 4.14. The quantitative estimate of drug-likeness (QED) is 0.939. The van der Waals surface area contributed by atoms with Crippen molar-refractivity contribution in [1.82, 2.24) is 14.8 Å². The molecule has 102 valence electrons. The van der Waals surface area contributed by atoms with Crippen molar-refractivity contribution in [3.05, 3.63) is 35.9 Å². The van der Waals surface area contributed by atoms with Gasteiger partial charge < -0.3 is 5.32 Å². The summed E-state index contributed by atoms with van der Waals surface area (Å²) in [6.45, 7) is -0.248. The normalized spacial score (nSPS) is 11.6. The van der Waals surface area contributed by atoms with Crippen LogP contribution in [0.2, 0.25) is 5.15 Å². The molecule has 0 amide bonds. The van der Waals surface area contributed by atoms with Gasteiger partial charge in [0, 0.05) is 12.7 Å². The second kappa shape index (κ2) is 5.48. The van der Waals surface area contributed by atoms with Gasteiger partial charge in [-0.15, -0.1) is 0 Å². The molecule has 4 nitrogen and oxygen atoms in total. The first-order chi connectivity index (χ1) is 8.96. The third kappa shape index (κ3) is 3.85. The summed E-state index contributed by atoms with van der Waals surface area (Å²) in [7, 11) is 0. The second-order valence-electron chi connectivity index (χ2n) is 3.78. The van der Waals surface area contributed by atoms with E-state index >= 15 is 0 Å². The minimum atomic E-state index is -4.20. The van der Waals surface area contributed by atoms with Crippen LogP contribution < -0.4 is 5.32 Å². The van der Waals surface area contributed by atoms with E-state index in [4.69, 9.17) is 11.6 Å². The summed E-state index contributed by atoms with van der Waals surface area (Å²) in [6, 6.07) is 3.48. The molecule has 0 spiro atoms. The van der Waals surface area contributed by atoms with Gasteiger partial charge in [0.15, 0.2) is 5.15 Å². The van der Waals surface area contributed by atoms with E-state index in [0.29, 0.717) is 11.4 Å². The van der Waals surface area contributed by atoms with Crippen LogP contribution in [-0.2, 0) is 0 Å². The average Bonchev–Trinajstić information content (AvgIpc) is 2.71.